The van der Waals surface area contributed by atoms with Crippen LogP contribution in [0.25, 0.3) is 33.5 Å². The van der Waals surface area contributed by atoms with Crippen LogP contribution in [0.2, 0.25) is 0 Å². The molecule has 0 aliphatic rings. The number of aryl methyl sites for hydroxylation is 1. The summed E-state index contributed by atoms with van der Waals surface area (Å²) in [5.41, 5.74) is 4.62. The second-order valence-electron chi connectivity index (χ2n) is 5.31. The van der Waals surface area contributed by atoms with Crippen molar-refractivity contribution in [2.24, 2.45) is 7.05 Å². The van der Waals surface area contributed by atoms with Gasteiger partial charge in [-0.15, -0.1) is 0 Å². The molecule has 0 fully saturated rings. The first-order valence-electron chi connectivity index (χ1n) is 7.04. The molecule has 2 heterocycles. The highest BCUT2D eigenvalue weighted by molar-refractivity contribution is 5.85. The van der Waals surface area contributed by atoms with Crippen molar-refractivity contribution >= 4 is 11.0 Å². The van der Waals surface area contributed by atoms with Gasteiger partial charge < -0.3 is 9.55 Å². The van der Waals surface area contributed by atoms with Crippen LogP contribution in [0.15, 0.2) is 49.1 Å². The molecule has 0 saturated carbocycles. The second kappa shape index (κ2) is 5.01. The van der Waals surface area contributed by atoms with Gasteiger partial charge in [0.15, 0.2) is 11.6 Å². The molecule has 0 radical (unpaired) electrons. The van der Waals surface area contributed by atoms with Crippen molar-refractivity contribution in [1.29, 1.82) is 0 Å². The largest absolute Gasteiger partial charge is 0.344 e. The van der Waals surface area contributed by atoms with Crippen LogP contribution in [0.5, 0.6) is 0 Å². The molecule has 4 aromatic rings. The van der Waals surface area contributed by atoms with Gasteiger partial charge >= 0.3 is 0 Å². The van der Waals surface area contributed by atoms with Crippen LogP contribution in [0.4, 0.5) is 8.78 Å². The van der Waals surface area contributed by atoms with E-state index in [9.17, 15) is 8.78 Å². The number of H-pyrrole nitrogens is 1. The van der Waals surface area contributed by atoms with E-state index in [1.54, 1.807) is 12.7 Å². The molecule has 6 heteroatoms. The van der Waals surface area contributed by atoms with E-state index >= 15 is 0 Å². The van der Waals surface area contributed by atoms with Crippen LogP contribution >= 0.6 is 0 Å². The van der Waals surface area contributed by atoms with Crippen molar-refractivity contribution in [3.05, 3.63) is 60.7 Å². The van der Waals surface area contributed by atoms with Crippen molar-refractivity contribution in [2.75, 3.05) is 0 Å². The lowest BCUT2D eigenvalue weighted by Gasteiger charge is -2.05. The first kappa shape index (κ1) is 13.6. The minimum Gasteiger partial charge on any atom is -0.344 e. The maximum absolute atomic E-state index is 13.5. The minimum atomic E-state index is -0.890. The fourth-order valence-corrected chi connectivity index (χ4v) is 2.66. The summed E-state index contributed by atoms with van der Waals surface area (Å²) in [6.45, 7) is 0. The van der Waals surface area contributed by atoms with Gasteiger partial charge in [-0.2, -0.15) is 0 Å². The Bertz CT molecular complexity index is 1020. The van der Waals surface area contributed by atoms with E-state index in [1.165, 1.54) is 6.07 Å². The lowest BCUT2D eigenvalue weighted by molar-refractivity contribution is 0.509. The second-order valence-corrected chi connectivity index (χ2v) is 5.31. The van der Waals surface area contributed by atoms with Gasteiger partial charge in [-0.3, -0.25) is 0 Å². The number of nitrogens with zero attached hydrogens (tertiary/aromatic N) is 3. The number of fused-ring (bicyclic) bond motifs is 1. The van der Waals surface area contributed by atoms with Gasteiger partial charge in [0.05, 0.1) is 35.1 Å². The minimum absolute atomic E-state index is 0.519. The van der Waals surface area contributed by atoms with Crippen LogP contribution in [0.1, 0.15) is 0 Å². The third-order valence-corrected chi connectivity index (χ3v) is 3.85. The number of nitrogens with one attached hydrogen (secondary N) is 1. The number of halogens is 2. The summed E-state index contributed by atoms with van der Waals surface area (Å²) < 4.78 is 28.6. The molecule has 0 saturated heterocycles. The molecule has 0 atom stereocenters. The Kier molecular flexibility index (Phi) is 2.97. The van der Waals surface area contributed by atoms with E-state index < -0.39 is 11.6 Å². The lowest BCUT2D eigenvalue weighted by Crippen LogP contribution is -1.89. The molecular weight excluding hydrogens is 298 g/mol. The van der Waals surface area contributed by atoms with E-state index in [4.69, 9.17) is 0 Å². The Balaban J connectivity index is 1.87. The summed E-state index contributed by atoms with van der Waals surface area (Å²) in [6.07, 6.45) is 3.29. The summed E-state index contributed by atoms with van der Waals surface area (Å²) in [5, 5.41) is 0. The van der Waals surface area contributed by atoms with Gasteiger partial charge in [-0.25, -0.2) is 18.7 Å². The third kappa shape index (κ3) is 2.19. The molecule has 0 spiro atoms. The first-order chi connectivity index (χ1) is 11.1. The predicted octanol–water partition coefficient (Wildman–Crippen LogP) is 3.91. The number of aromatic nitrogens is 4. The Morgan fingerprint density at radius 3 is 2.61 bits per heavy atom. The smallest absolute Gasteiger partial charge is 0.159 e. The molecule has 4 rings (SSSR count). The van der Waals surface area contributed by atoms with Gasteiger partial charge in [0.1, 0.15) is 0 Å². The van der Waals surface area contributed by atoms with Crippen molar-refractivity contribution in [3.63, 3.8) is 0 Å². The lowest BCUT2D eigenvalue weighted by atomic mass is 10.0. The van der Waals surface area contributed by atoms with Gasteiger partial charge in [0, 0.05) is 18.2 Å². The molecule has 0 bridgehead atoms. The standard InChI is InChI=1S/C17H12F2N4/c1-23-9-22-14-5-3-11(7-15(14)23)17-16(20-8-21-17)10-2-4-12(18)13(19)6-10/h2-9H,1H3,(H,20,21). The van der Waals surface area contributed by atoms with Gasteiger partial charge in [-0.1, -0.05) is 6.07 Å². The summed E-state index contributed by atoms with van der Waals surface area (Å²) in [4.78, 5) is 11.6. The molecule has 23 heavy (non-hydrogen) atoms. The Morgan fingerprint density at radius 1 is 0.957 bits per heavy atom. The molecule has 2 aromatic heterocycles. The van der Waals surface area contributed by atoms with E-state index in [0.717, 1.165) is 34.4 Å². The zero-order valence-electron chi connectivity index (χ0n) is 12.2. The summed E-state index contributed by atoms with van der Waals surface area (Å²) in [7, 11) is 1.92. The number of hydrogen-bond donors (Lipinski definition) is 1. The van der Waals surface area contributed by atoms with Gasteiger partial charge in [0.2, 0.25) is 0 Å². The zero-order valence-corrected chi connectivity index (χ0v) is 12.2. The highest BCUT2D eigenvalue weighted by Crippen LogP contribution is 2.31. The van der Waals surface area contributed by atoms with Crippen LogP contribution in [0, 0.1) is 11.6 Å². The van der Waals surface area contributed by atoms with E-state index in [-0.39, 0.29) is 0 Å². The predicted molar refractivity (Wildman–Crippen MR) is 83.6 cm³/mol. The molecule has 1 N–H and O–H groups in total. The molecule has 114 valence electrons. The van der Waals surface area contributed by atoms with Crippen molar-refractivity contribution < 1.29 is 8.78 Å². The highest BCUT2D eigenvalue weighted by Gasteiger charge is 2.14. The first-order valence-corrected chi connectivity index (χ1v) is 7.04. The third-order valence-electron chi connectivity index (χ3n) is 3.85. The number of imidazole rings is 2. The number of benzene rings is 2. The van der Waals surface area contributed by atoms with Gasteiger partial charge in [-0.05, 0) is 30.3 Å². The fraction of sp³-hybridized carbons (Fsp3) is 0.0588. The van der Waals surface area contributed by atoms with Gasteiger partial charge in [0.25, 0.3) is 0 Å². The van der Waals surface area contributed by atoms with Crippen molar-refractivity contribution in [3.8, 4) is 22.5 Å². The summed E-state index contributed by atoms with van der Waals surface area (Å²) in [6, 6.07) is 9.59. The molecule has 0 aliphatic carbocycles. The van der Waals surface area contributed by atoms with E-state index in [0.29, 0.717) is 11.3 Å². The Labute approximate surface area is 130 Å². The maximum Gasteiger partial charge on any atom is 0.159 e. The average molecular weight is 310 g/mol. The van der Waals surface area contributed by atoms with E-state index in [1.807, 2.05) is 29.8 Å². The quantitative estimate of drug-likeness (QED) is 0.610. The molecule has 4 nitrogen and oxygen atoms in total. The summed E-state index contributed by atoms with van der Waals surface area (Å²) >= 11 is 0. The number of aromatic amines is 1. The molecular formula is C17H12F2N4. The van der Waals surface area contributed by atoms with E-state index in [2.05, 4.69) is 15.0 Å². The van der Waals surface area contributed by atoms with Crippen molar-refractivity contribution in [2.45, 2.75) is 0 Å². The van der Waals surface area contributed by atoms with Crippen LogP contribution in [0.3, 0.4) is 0 Å². The zero-order chi connectivity index (χ0) is 16.0. The average Bonchev–Trinajstić information content (AvgIpc) is 3.17. The SMILES string of the molecule is Cn1cnc2ccc(-c3[nH]cnc3-c3ccc(F)c(F)c3)cc21. The molecule has 0 aliphatic heterocycles. The monoisotopic (exact) mass is 310 g/mol. The highest BCUT2D eigenvalue weighted by atomic mass is 19.2. The molecule has 2 aromatic carbocycles. The molecule has 0 amide bonds. The summed E-state index contributed by atoms with van der Waals surface area (Å²) in [5.74, 6) is -1.76. The molecule has 0 unspecified atom stereocenters. The Hall–Kier alpha value is -3.02. The van der Waals surface area contributed by atoms with Crippen molar-refractivity contribution in [1.82, 2.24) is 19.5 Å². The Morgan fingerprint density at radius 2 is 1.78 bits per heavy atom. The normalized spacial score (nSPS) is 11.3. The van der Waals surface area contributed by atoms with Crippen LogP contribution in [-0.4, -0.2) is 19.5 Å². The fourth-order valence-electron chi connectivity index (χ4n) is 2.66. The van der Waals surface area contributed by atoms with Crippen LogP contribution in [-0.2, 0) is 7.05 Å². The number of rotatable bonds is 2. The maximum atomic E-state index is 13.5. The number of hydrogen-bond acceptors (Lipinski definition) is 2. The topological polar surface area (TPSA) is 46.5 Å². The van der Waals surface area contributed by atoms with Crippen LogP contribution < -0.4 is 0 Å².